The number of nitrogens with zero attached hydrogens (tertiary/aromatic N) is 3. The Morgan fingerprint density at radius 2 is 1.68 bits per heavy atom. The fourth-order valence-corrected chi connectivity index (χ4v) is 5.18. The van der Waals surface area contributed by atoms with Crippen molar-refractivity contribution in [1.29, 1.82) is 0 Å². The van der Waals surface area contributed by atoms with Crippen molar-refractivity contribution < 1.29 is 14.6 Å². The van der Waals surface area contributed by atoms with Gasteiger partial charge in [0.05, 0.1) is 19.2 Å². The van der Waals surface area contributed by atoms with Crippen molar-refractivity contribution in [2.45, 2.75) is 72.6 Å². The molecule has 0 radical (unpaired) electrons. The van der Waals surface area contributed by atoms with Crippen LogP contribution in [-0.4, -0.2) is 67.6 Å². The Morgan fingerprint density at radius 1 is 1.02 bits per heavy atom. The number of carbonyl (C=O) groups is 1. The first-order chi connectivity index (χ1) is 19.6. The first-order valence-electron chi connectivity index (χ1n) is 15.3. The van der Waals surface area contributed by atoms with Gasteiger partial charge in [0, 0.05) is 24.7 Å². The summed E-state index contributed by atoms with van der Waals surface area (Å²) in [6.07, 6.45) is 4.55. The maximum Gasteiger partial charge on any atom is 0.337 e. The first-order valence-corrected chi connectivity index (χ1v) is 15.3. The van der Waals surface area contributed by atoms with Crippen LogP contribution in [0.25, 0.3) is 0 Å². The van der Waals surface area contributed by atoms with Crippen LogP contribution < -0.4 is 5.32 Å². The third kappa shape index (κ3) is 10.2. The summed E-state index contributed by atoms with van der Waals surface area (Å²) in [5.41, 5.74) is 4.87. The molecular formula is C34H52N4O3. The van der Waals surface area contributed by atoms with Crippen LogP contribution in [0, 0.1) is 17.8 Å². The predicted molar refractivity (Wildman–Crippen MR) is 169 cm³/mol. The molecule has 0 saturated heterocycles. The number of amidine groups is 1. The molecule has 41 heavy (non-hydrogen) atoms. The number of ether oxygens (including phenoxy) is 1. The number of aliphatic hydroxyl groups is 1. The van der Waals surface area contributed by atoms with Gasteiger partial charge in [0.2, 0.25) is 0 Å². The number of rotatable bonds is 15. The zero-order chi connectivity index (χ0) is 29.9. The normalized spacial score (nSPS) is 16.9. The molecule has 2 unspecified atom stereocenters. The molecular weight excluding hydrogens is 512 g/mol. The summed E-state index contributed by atoms with van der Waals surface area (Å²) in [6.45, 7) is 12.3. The van der Waals surface area contributed by atoms with Crippen molar-refractivity contribution in [2.24, 2.45) is 22.7 Å². The number of methoxy groups -OCH3 is 1. The second-order valence-corrected chi connectivity index (χ2v) is 12.6. The van der Waals surface area contributed by atoms with Gasteiger partial charge < -0.3 is 20.1 Å². The van der Waals surface area contributed by atoms with Crippen molar-refractivity contribution >= 4 is 17.5 Å². The summed E-state index contributed by atoms with van der Waals surface area (Å²) < 4.78 is 4.81. The minimum absolute atomic E-state index is 0.280. The van der Waals surface area contributed by atoms with E-state index in [9.17, 15) is 9.90 Å². The molecule has 0 aromatic heterocycles. The van der Waals surface area contributed by atoms with E-state index >= 15 is 0 Å². The Kier molecular flexibility index (Phi) is 12.8. The van der Waals surface area contributed by atoms with Gasteiger partial charge in [-0.05, 0) is 106 Å². The van der Waals surface area contributed by atoms with Crippen molar-refractivity contribution in [2.75, 3.05) is 46.2 Å². The molecule has 7 heteroatoms. The lowest BCUT2D eigenvalue weighted by Crippen LogP contribution is -2.33. The topological polar surface area (TPSA) is 77.4 Å². The van der Waals surface area contributed by atoms with Crippen LogP contribution in [0.2, 0.25) is 0 Å². The van der Waals surface area contributed by atoms with E-state index in [1.54, 1.807) is 12.1 Å². The molecule has 2 aromatic rings. The van der Waals surface area contributed by atoms with Gasteiger partial charge in [-0.3, -0.25) is 9.89 Å². The van der Waals surface area contributed by atoms with Crippen molar-refractivity contribution in [1.82, 2.24) is 9.80 Å². The van der Waals surface area contributed by atoms with Crippen LogP contribution in [0.15, 0.2) is 47.5 Å². The van der Waals surface area contributed by atoms with E-state index in [0.717, 1.165) is 74.4 Å². The number of benzene rings is 2. The quantitative estimate of drug-likeness (QED) is 0.193. The van der Waals surface area contributed by atoms with E-state index in [1.165, 1.54) is 12.7 Å². The maximum absolute atomic E-state index is 11.8. The smallest absolute Gasteiger partial charge is 0.337 e. The lowest BCUT2D eigenvalue weighted by atomic mass is 9.88. The first kappa shape index (κ1) is 32.8. The molecule has 0 bridgehead atoms. The highest BCUT2D eigenvalue weighted by atomic mass is 16.5. The van der Waals surface area contributed by atoms with Gasteiger partial charge >= 0.3 is 5.97 Å². The van der Waals surface area contributed by atoms with Crippen LogP contribution in [0.4, 0.5) is 5.69 Å². The fourth-order valence-electron chi connectivity index (χ4n) is 5.18. The molecule has 1 aliphatic rings. The van der Waals surface area contributed by atoms with Crippen LogP contribution in [0.3, 0.4) is 0 Å². The molecule has 0 amide bonds. The highest BCUT2D eigenvalue weighted by molar-refractivity contribution is 6.00. The second kappa shape index (κ2) is 16.0. The number of hydrogen-bond acceptors (Lipinski definition) is 6. The molecule has 3 rings (SSSR count). The second-order valence-electron chi connectivity index (χ2n) is 12.6. The van der Waals surface area contributed by atoms with Crippen LogP contribution in [-0.2, 0) is 17.7 Å². The van der Waals surface area contributed by atoms with Gasteiger partial charge in [0.1, 0.15) is 12.1 Å². The standard InChI is InChI=1S/C34H52N4O3/c1-24(2)16-19-38(20-17-25(3)4)33(39)29-14-15-31-30(22-29)21-28(9-8-18-37(5)6)32(36-31)35-23-26-10-12-27(13-11-26)34(40)41-7/h10-15,22,24-25,28,33,39H,8-9,16-21,23H2,1-7H3,(H,35,36). The van der Waals surface area contributed by atoms with Crippen molar-refractivity contribution in [3.63, 3.8) is 0 Å². The molecule has 226 valence electrons. The van der Waals surface area contributed by atoms with Gasteiger partial charge in [0.15, 0.2) is 0 Å². The minimum atomic E-state index is -0.604. The van der Waals surface area contributed by atoms with Gasteiger partial charge in [-0.25, -0.2) is 4.79 Å². The van der Waals surface area contributed by atoms with Gasteiger partial charge in [0.25, 0.3) is 0 Å². The fraction of sp³-hybridized carbons (Fsp3) is 0.588. The molecule has 0 spiro atoms. The van der Waals surface area contributed by atoms with Crippen molar-refractivity contribution in [3.8, 4) is 0 Å². The predicted octanol–water partition coefficient (Wildman–Crippen LogP) is 6.38. The number of carbonyl (C=O) groups excluding carboxylic acids is 1. The number of anilines is 1. The molecule has 7 nitrogen and oxygen atoms in total. The number of aliphatic hydroxyl groups excluding tert-OH is 1. The van der Waals surface area contributed by atoms with Crippen LogP contribution in [0.1, 0.15) is 86.7 Å². The Labute approximate surface area is 248 Å². The molecule has 2 atom stereocenters. The Balaban J connectivity index is 1.80. The average molecular weight is 565 g/mol. The van der Waals surface area contributed by atoms with E-state index in [-0.39, 0.29) is 11.9 Å². The number of esters is 1. The summed E-state index contributed by atoms with van der Waals surface area (Å²) in [5.74, 6) is 2.16. The molecule has 2 N–H and O–H groups in total. The van der Waals surface area contributed by atoms with E-state index in [4.69, 9.17) is 9.73 Å². The van der Waals surface area contributed by atoms with Crippen molar-refractivity contribution in [3.05, 3.63) is 64.7 Å². The highest BCUT2D eigenvalue weighted by Gasteiger charge is 2.26. The third-order valence-electron chi connectivity index (χ3n) is 7.84. The Morgan fingerprint density at radius 3 is 2.27 bits per heavy atom. The van der Waals surface area contributed by atoms with Gasteiger partial charge in [-0.15, -0.1) is 0 Å². The van der Waals surface area contributed by atoms with E-state index in [1.807, 2.05) is 12.1 Å². The number of hydrogen-bond donors (Lipinski definition) is 2. The van der Waals surface area contributed by atoms with Gasteiger partial charge in [-0.2, -0.15) is 0 Å². The SMILES string of the molecule is COC(=O)c1ccc(CN=C2Nc3ccc(C(O)N(CCC(C)C)CCC(C)C)cc3CC2CCCN(C)C)cc1. The lowest BCUT2D eigenvalue weighted by Gasteiger charge is -2.32. The molecule has 0 saturated carbocycles. The summed E-state index contributed by atoms with van der Waals surface area (Å²) in [4.78, 5) is 21.3. The van der Waals surface area contributed by atoms with Crippen LogP contribution >= 0.6 is 0 Å². The molecule has 1 aliphatic heterocycles. The molecule has 0 aliphatic carbocycles. The zero-order valence-corrected chi connectivity index (χ0v) is 26.3. The summed E-state index contributed by atoms with van der Waals surface area (Å²) in [6, 6.07) is 13.8. The number of aliphatic imine (C=N–C) groups is 1. The summed E-state index contributed by atoms with van der Waals surface area (Å²) in [7, 11) is 5.61. The number of nitrogens with one attached hydrogen (secondary N) is 1. The average Bonchev–Trinajstić information content (AvgIpc) is 2.94. The molecule has 2 aromatic carbocycles. The van der Waals surface area contributed by atoms with E-state index < -0.39 is 6.23 Å². The largest absolute Gasteiger partial charge is 0.465 e. The minimum Gasteiger partial charge on any atom is -0.465 e. The monoisotopic (exact) mass is 564 g/mol. The van der Waals surface area contributed by atoms with Gasteiger partial charge in [-0.1, -0.05) is 45.9 Å². The van der Waals surface area contributed by atoms with Crippen LogP contribution in [0.5, 0.6) is 0 Å². The Hall–Kier alpha value is -2.74. The Bertz CT molecular complexity index is 1120. The third-order valence-corrected chi connectivity index (χ3v) is 7.84. The maximum atomic E-state index is 11.8. The summed E-state index contributed by atoms with van der Waals surface area (Å²) in [5, 5.41) is 15.1. The number of fused-ring (bicyclic) bond motifs is 1. The molecule has 1 heterocycles. The highest BCUT2D eigenvalue weighted by Crippen LogP contribution is 2.32. The lowest BCUT2D eigenvalue weighted by molar-refractivity contribution is -0.00369. The van der Waals surface area contributed by atoms with E-state index in [0.29, 0.717) is 23.9 Å². The molecule has 0 fully saturated rings. The summed E-state index contributed by atoms with van der Waals surface area (Å²) >= 11 is 0. The van der Waals surface area contributed by atoms with E-state index in [2.05, 4.69) is 75.1 Å². The zero-order valence-electron chi connectivity index (χ0n) is 26.3.